The topological polar surface area (TPSA) is 207 Å². The summed E-state index contributed by atoms with van der Waals surface area (Å²) in [6.07, 6.45) is -15.2. The normalized spacial score (nSPS) is 42.4. The molecular formula is C55H83AlINO17. The van der Waals surface area contributed by atoms with Gasteiger partial charge in [0, 0.05) is 31.6 Å². The quantitative estimate of drug-likeness (QED) is 0.0793. The third-order valence-electron chi connectivity index (χ3n) is 16.7. The molecule has 5 aliphatic rings. The Bertz CT molecular complexity index is 2070. The summed E-state index contributed by atoms with van der Waals surface area (Å²) in [6.45, 7) is 23.5. The third-order valence-corrected chi connectivity index (χ3v) is 18.2. The predicted molar refractivity (Wildman–Crippen MR) is 284 cm³/mol. The summed E-state index contributed by atoms with van der Waals surface area (Å²) in [4.78, 5) is 26.2. The zero-order chi connectivity index (χ0) is 54.2. The van der Waals surface area contributed by atoms with Gasteiger partial charge in [0.15, 0.2) is 37.6 Å². The molecule has 75 heavy (non-hydrogen) atoms. The lowest BCUT2D eigenvalue weighted by Crippen LogP contribution is -2.69. The van der Waals surface area contributed by atoms with Crippen molar-refractivity contribution in [2.75, 3.05) is 13.2 Å². The zero-order valence-corrected chi connectivity index (χ0v) is 49.2. The highest BCUT2D eigenvalue weighted by atomic mass is 127. The predicted octanol–water partition coefficient (Wildman–Crippen LogP) is 5.97. The molecule has 5 aliphatic heterocycles. The molecule has 0 radical (unpaired) electrons. The molecule has 5 fully saturated rings. The molecule has 20 heteroatoms. The van der Waals surface area contributed by atoms with E-state index in [4.69, 9.17) is 60.6 Å². The first kappa shape index (κ1) is 60.7. The average molecular weight is 1180 g/mol. The lowest BCUT2D eigenvalue weighted by atomic mass is 9.79. The first-order chi connectivity index (χ1) is 35.8. The Morgan fingerprint density at radius 3 is 1.69 bits per heavy atom. The number of carbonyl (C=O) groups is 2. The van der Waals surface area contributed by atoms with Crippen molar-refractivity contribution in [3.05, 3.63) is 71.8 Å². The van der Waals surface area contributed by atoms with E-state index >= 15 is 0 Å². The second-order valence-electron chi connectivity index (χ2n) is 21.6. The molecular weight excluding hydrogens is 1100 g/mol. The first-order valence-corrected chi connectivity index (χ1v) is 32.6. The minimum absolute atomic E-state index is 0.0503. The van der Waals surface area contributed by atoms with E-state index < -0.39 is 129 Å². The van der Waals surface area contributed by atoms with Crippen LogP contribution in [0.25, 0.3) is 0 Å². The summed E-state index contributed by atoms with van der Waals surface area (Å²) in [6, 6.07) is 18.3. The van der Waals surface area contributed by atoms with Crippen LogP contribution in [0.3, 0.4) is 0 Å². The Morgan fingerprint density at radius 1 is 0.560 bits per heavy atom. The molecule has 3 N–H and O–H groups in total. The van der Waals surface area contributed by atoms with E-state index in [0.29, 0.717) is 13.2 Å². The summed E-state index contributed by atoms with van der Waals surface area (Å²) in [5, 5.41) is 26.0. The molecule has 25 atom stereocenters. The Labute approximate surface area is 461 Å². The van der Waals surface area contributed by atoms with Crippen LogP contribution in [0.2, 0.25) is 0 Å². The Kier molecular flexibility index (Phi) is 22.7. The van der Waals surface area contributed by atoms with Crippen LogP contribution >= 0.6 is 20.3 Å². The summed E-state index contributed by atoms with van der Waals surface area (Å²) in [5.74, 6) is -1.46. The third kappa shape index (κ3) is 14.9. The lowest BCUT2D eigenvalue weighted by Gasteiger charge is -2.53. The van der Waals surface area contributed by atoms with Crippen molar-refractivity contribution in [2.45, 2.75) is 207 Å². The van der Waals surface area contributed by atoms with E-state index in [1.165, 1.54) is 13.8 Å². The van der Waals surface area contributed by atoms with Gasteiger partial charge in [-0.15, -0.1) is 0 Å². The Morgan fingerprint density at radius 2 is 1.09 bits per heavy atom. The second kappa shape index (κ2) is 28.0. The number of rotatable bonds is 20. The molecule has 0 spiro atoms. The van der Waals surface area contributed by atoms with Gasteiger partial charge in [-0.2, -0.15) is 20.3 Å². The maximum absolute atomic E-state index is 13.4. The molecule has 0 saturated carbocycles. The fraction of sp³-hybridized carbons (Fsp3) is 0.745. The number of nitrogens with one attached hydrogen (secondary N) is 1. The molecule has 2 aromatic rings. The van der Waals surface area contributed by atoms with Crippen molar-refractivity contribution in [1.82, 2.24) is 5.32 Å². The van der Waals surface area contributed by atoms with Gasteiger partial charge >= 0.3 is 18.2 Å². The Hall–Kier alpha value is -1.92. The zero-order valence-electron chi connectivity index (χ0n) is 45.6. The molecule has 5 heterocycles. The molecule has 5 saturated heterocycles. The van der Waals surface area contributed by atoms with Crippen LogP contribution in [0, 0.1) is 41.4 Å². The number of hydrogen-bond donors (Lipinski definition) is 3. The fourth-order valence-electron chi connectivity index (χ4n) is 11.0. The number of carbonyl (C=O) groups excluding carboxylic acids is 2. The van der Waals surface area contributed by atoms with E-state index in [9.17, 15) is 19.8 Å². The average Bonchev–Trinajstić information content (AvgIpc) is 3.38. The summed E-state index contributed by atoms with van der Waals surface area (Å²) < 4.78 is 86.5. The minimum Gasteiger partial charge on any atom is -0.471 e. The van der Waals surface area contributed by atoms with Gasteiger partial charge in [-0.1, -0.05) is 109 Å². The van der Waals surface area contributed by atoms with Crippen LogP contribution < -0.4 is 5.32 Å². The molecule has 10 unspecified atom stereocenters. The van der Waals surface area contributed by atoms with Crippen molar-refractivity contribution in [2.24, 2.45) is 41.4 Å². The molecule has 0 aromatic heterocycles. The van der Waals surface area contributed by atoms with E-state index in [1.807, 2.05) is 95.3 Å². The van der Waals surface area contributed by atoms with Gasteiger partial charge in [0.05, 0.1) is 56.9 Å². The van der Waals surface area contributed by atoms with Gasteiger partial charge < -0.3 is 76.2 Å². The molecule has 2 aromatic carbocycles. The van der Waals surface area contributed by atoms with Crippen LogP contribution in [0.4, 0.5) is 0 Å². The second-order valence-corrected chi connectivity index (χ2v) is 24.1. The number of hydrogen-bond acceptors (Lipinski definition) is 17. The number of ether oxygens (including phenoxy) is 12. The van der Waals surface area contributed by atoms with E-state index in [-0.39, 0.29) is 60.2 Å². The van der Waals surface area contributed by atoms with Crippen LogP contribution in [0.15, 0.2) is 60.7 Å². The molecule has 18 nitrogen and oxygen atoms in total. The molecule has 420 valence electrons. The Balaban J connectivity index is 1.23. The number of halogens is 1. The van der Waals surface area contributed by atoms with Gasteiger partial charge in [0.1, 0.15) is 42.7 Å². The van der Waals surface area contributed by atoms with Crippen LogP contribution in [-0.4, -0.2) is 158 Å². The van der Waals surface area contributed by atoms with Crippen LogP contribution in [-0.2, 0) is 83.4 Å². The highest BCUT2D eigenvalue weighted by Crippen LogP contribution is 2.43. The summed E-state index contributed by atoms with van der Waals surface area (Å²) in [7, 11) is 0. The SMILES string of the molecule is CC(=O)NC1[C@H](OC2[C@H](OC3[C@H]([O][AlH][I])OC(C)[C@H](C)[C@@H]3C)OC(C)[C@H](C)[C@@H]2O[C@H]2O[C@@H](COCc3ccccc3)[C@@H](C)C(C)C2C)OC(CO)[C@@H](O)[C@@H]1O[C@@H]1OC(C)[C@H](C)[C@H](OCc2ccccc2)C1OC(C)=O. The standard InChI is InChI=1S/C55H82NO17.Al.HI.H/c1-27-29(3)42(26-62-24-39-19-15-13-16-20-39)69-52(31(27)5)70-46-33(7)36(10)66-55(71-47-30(4)28(2)34(8)64-51(47)61)50(46)73-53-43(56-37(11)58)48(44(60)41(23-57)68-53)72-54-49(67-38(12)59)45(32(6)35(9)65-54)63-25-40-21-17-14-18-22-40;;;/h13-22,27-36,41-55,57,60H,23-26H2,1-12H3,(H,56,58);;1H;/q-1;+2;;/p-1/t27?,28-,29+,30+,31?,32+,33+,34?,35?,36?,41?,42+,43?,44-,45+,46+,47?,48-,49?,50?,51-,52-,53+,54+,55+;;;/m1.../s1. The van der Waals surface area contributed by atoms with Gasteiger partial charge in [0.2, 0.25) is 5.91 Å². The molecule has 7 rings (SSSR count). The van der Waals surface area contributed by atoms with Crippen molar-refractivity contribution in [3.63, 3.8) is 0 Å². The van der Waals surface area contributed by atoms with Gasteiger partial charge in [-0.3, -0.25) is 9.59 Å². The van der Waals surface area contributed by atoms with Gasteiger partial charge in [0.25, 0.3) is 0 Å². The smallest absolute Gasteiger partial charge is 0.471 e. The van der Waals surface area contributed by atoms with Crippen LogP contribution in [0.1, 0.15) is 94.2 Å². The highest BCUT2D eigenvalue weighted by molar-refractivity contribution is 14.1. The number of amides is 1. The molecule has 1 amide bonds. The maximum atomic E-state index is 13.4. The van der Waals surface area contributed by atoms with Crippen LogP contribution in [0.5, 0.6) is 0 Å². The number of esters is 1. The fourth-order valence-corrected chi connectivity index (χ4v) is 12.4. The van der Waals surface area contributed by atoms with Crippen molar-refractivity contribution in [1.29, 1.82) is 0 Å². The maximum Gasteiger partial charge on any atom is 0.527 e. The monoisotopic (exact) mass is 1180 g/mol. The van der Waals surface area contributed by atoms with Gasteiger partial charge in [-0.25, -0.2) is 0 Å². The largest absolute Gasteiger partial charge is 0.527 e. The summed E-state index contributed by atoms with van der Waals surface area (Å²) in [5.41, 5.74) is 1.97. The van der Waals surface area contributed by atoms with E-state index in [2.05, 4.69) is 60.2 Å². The summed E-state index contributed by atoms with van der Waals surface area (Å²) >= 11 is 1.29. The highest BCUT2D eigenvalue weighted by Gasteiger charge is 2.57. The lowest BCUT2D eigenvalue weighted by molar-refractivity contribution is -0.392. The number of benzene rings is 2. The van der Waals surface area contributed by atoms with E-state index in [1.54, 1.807) is 0 Å². The van der Waals surface area contributed by atoms with Crippen molar-refractivity contribution in [3.8, 4) is 0 Å². The van der Waals surface area contributed by atoms with E-state index in [0.717, 1.165) is 11.1 Å². The number of aliphatic hydroxyl groups excluding tert-OH is 2. The molecule has 0 aliphatic carbocycles. The number of aliphatic hydroxyl groups is 2. The van der Waals surface area contributed by atoms with Gasteiger partial charge in [-0.05, 0) is 55.6 Å². The minimum atomic E-state index is -1.56. The van der Waals surface area contributed by atoms with Crippen molar-refractivity contribution < 1.29 is 80.4 Å². The van der Waals surface area contributed by atoms with Crippen molar-refractivity contribution >= 4 is 44.4 Å². The molecule has 0 bridgehead atoms. The first-order valence-electron chi connectivity index (χ1n) is 26.9.